The molecule has 0 aliphatic heterocycles. The number of rotatable bonds is 3. The molecule has 0 atom stereocenters. The Labute approximate surface area is 82.6 Å². The number of hydrogen-bond donors (Lipinski definition) is 2. The maximum atomic E-state index is 5.89. The summed E-state index contributed by atoms with van der Waals surface area (Å²) in [5, 5.41) is 0.587. The van der Waals surface area contributed by atoms with Crippen LogP contribution in [-0.2, 0) is 6.54 Å². The minimum absolute atomic E-state index is 0.325. The van der Waals surface area contributed by atoms with Gasteiger partial charge in [0.2, 0.25) is 0 Å². The standard InChI is InChI=1S/C9H13ClN2O/c1-2-13-8-4-3-7(10)6(5-11)9(8)12/h3-4H,2,5,11-12H2,1H3. The molecule has 72 valence electrons. The zero-order valence-corrected chi connectivity index (χ0v) is 8.27. The number of nitrogen functional groups attached to an aromatic ring is 1. The van der Waals surface area contributed by atoms with Crippen LogP contribution in [0.2, 0.25) is 5.02 Å². The van der Waals surface area contributed by atoms with Gasteiger partial charge >= 0.3 is 0 Å². The highest BCUT2D eigenvalue weighted by Gasteiger charge is 2.08. The first kappa shape index (κ1) is 10.2. The minimum atomic E-state index is 0.325. The summed E-state index contributed by atoms with van der Waals surface area (Å²) >= 11 is 5.89. The van der Waals surface area contributed by atoms with Crippen molar-refractivity contribution in [3.63, 3.8) is 0 Å². The van der Waals surface area contributed by atoms with Crippen LogP contribution >= 0.6 is 11.6 Å². The predicted molar refractivity (Wildman–Crippen MR) is 54.9 cm³/mol. The van der Waals surface area contributed by atoms with Gasteiger partial charge in [-0.15, -0.1) is 0 Å². The smallest absolute Gasteiger partial charge is 0.142 e. The maximum Gasteiger partial charge on any atom is 0.142 e. The molecule has 0 aliphatic rings. The highest BCUT2D eigenvalue weighted by molar-refractivity contribution is 6.31. The quantitative estimate of drug-likeness (QED) is 0.732. The summed E-state index contributed by atoms with van der Waals surface area (Å²) in [7, 11) is 0. The molecule has 0 heterocycles. The molecule has 1 aromatic carbocycles. The summed E-state index contributed by atoms with van der Waals surface area (Å²) in [6.45, 7) is 2.80. The van der Waals surface area contributed by atoms with Crippen LogP contribution in [0.4, 0.5) is 5.69 Å². The van der Waals surface area contributed by atoms with E-state index in [1.807, 2.05) is 6.92 Å². The molecule has 0 radical (unpaired) electrons. The van der Waals surface area contributed by atoms with Crippen molar-refractivity contribution in [1.82, 2.24) is 0 Å². The Hall–Kier alpha value is -0.930. The molecule has 0 saturated heterocycles. The van der Waals surface area contributed by atoms with E-state index in [0.717, 1.165) is 5.56 Å². The van der Waals surface area contributed by atoms with Gasteiger partial charge in [-0.3, -0.25) is 0 Å². The third-order valence-electron chi connectivity index (χ3n) is 1.76. The number of halogens is 1. The summed E-state index contributed by atoms with van der Waals surface area (Å²) < 4.78 is 5.29. The number of benzene rings is 1. The zero-order valence-electron chi connectivity index (χ0n) is 7.51. The van der Waals surface area contributed by atoms with E-state index in [2.05, 4.69) is 0 Å². The molecule has 0 fully saturated rings. The molecule has 0 aromatic heterocycles. The van der Waals surface area contributed by atoms with Gasteiger partial charge in [0.05, 0.1) is 12.3 Å². The molecule has 4 heteroatoms. The third-order valence-corrected chi connectivity index (χ3v) is 2.12. The molecule has 0 unspecified atom stereocenters. The van der Waals surface area contributed by atoms with E-state index in [9.17, 15) is 0 Å². The molecule has 3 nitrogen and oxygen atoms in total. The third kappa shape index (κ3) is 2.05. The molecular weight excluding hydrogens is 188 g/mol. The van der Waals surface area contributed by atoms with Crippen LogP contribution in [0.15, 0.2) is 12.1 Å². The molecule has 0 spiro atoms. The SMILES string of the molecule is CCOc1ccc(Cl)c(CN)c1N. The van der Waals surface area contributed by atoms with Crippen LogP contribution in [0.3, 0.4) is 0 Å². The first-order valence-corrected chi connectivity index (χ1v) is 4.48. The van der Waals surface area contributed by atoms with Crippen LogP contribution in [0.1, 0.15) is 12.5 Å². The molecule has 13 heavy (non-hydrogen) atoms. The molecule has 4 N–H and O–H groups in total. The fourth-order valence-electron chi connectivity index (χ4n) is 1.11. The molecule has 0 bridgehead atoms. The number of anilines is 1. The first-order valence-electron chi connectivity index (χ1n) is 4.10. The molecule has 1 aromatic rings. The lowest BCUT2D eigenvalue weighted by Crippen LogP contribution is -2.05. The average Bonchev–Trinajstić information content (AvgIpc) is 2.11. The maximum absolute atomic E-state index is 5.89. The van der Waals surface area contributed by atoms with Gasteiger partial charge in [-0.2, -0.15) is 0 Å². The lowest BCUT2D eigenvalue weighted by molar-refractivity contribution is 0.342. The van der Waals surface area contributed by atoms with E-state index in [1.54, 1.807) is 12.1 Å². The minimum Gasteiger partial charge on any atom is -0.492 e. The molecule has 0 saturated carbocycles. The highest BCUT2D eigenvalue weighted by atomic mass is 35.5. The fourth-order valence-corrected chi connectivity index (χ4v) is 1.35. The topological polar surface area (TPSA) is 61.3 Å². The number of hydrogen-bond acceptors (Lipinski definition) is 3. The second-order valence-corrected chi connectivity index (χ2v) is 2.98. The Morgan fingerprint density at radius 3 is 2.69 bits per heavy atom. The Balaban J connectivity index is 3.11. The van der Waals surface area contributed by atoms with Crippen molar-refractivity contribution in [3.8, 4) is 5.75 Å². The monoisotopic (exact) mass is 200 g/mol. The van der Waals surface area contributed by atoms with Crippen LogP contribution in [0.5, 0.6) is 5.75 Å². The van der Waals surface area contributed by atoms with Crippen LogP contribution in [0.25, 0.3) is 0 Å². The van der Waals surface area contributed by atoms with Gasteiger partial charge in [0.15, 0.2) is 0 Å². The fraction of sp³-hybridized carbons (Fsp3) is 0.333. The summed E-state index contributed by atoms with van der Waals surface area (Å²) in [5.74, 6) is 0.646. The zero-order chi connectivity index (χ0) is 9.84. The normalized spacial score (nSPS) is 10.1. The van der Waals surface area contributed by atoms with Crippen molar-refractivity contribution in [1.29, 1.82) is 0 Å². The highest BCUT2D eigenvalue weighted by Crippen LogP contribution is 2.30. The summed E-state index contributed by atoms with van der Waals surface area (Å²) in [4.78, 5) is 0. The van der Waals surface area contributed by atoms with Crippen molar-refractivity contribution in [3.05, 3.63) is 22.7 Å². The van der Waals surface area contributed by atoms with Crippen LogP contribution in [-0.4, -0.2) is 6.61 Å². The molecular formula is C9H13ClN2O. The largest absolute Gasteiger partial charge is 0.492 e. The number of nitrogens with two attached hydrogens (primary N) is 2. The molecule has 1 rings (SSSR count). The lowest BCUT2D eigenvalue weighted by atomic mass is 10.1. The van der Waals surface area contributed by atoms with E-state index in [1.165, 1.54) is 0 Å². The van der Waals surface area contributed by atoms with Gasteiger partial charge in [0.25, 0.3) is 0 Å². The summed E-state index contributed by atoms with van der Waals surface area (Å²) in [5.41, 5.74) is 12.6. The summed E-state index contributed by atoms with van der Waals surface area (Å²) in [6.07, 6.45) is 0. The van der Waals surface area contributed by atoms with Crippen molar-refractivity contribution in [2.24, 2.45) is 5.73 Å². The van der Waals surface area contributed by atoms with Crippen molar-refractivity contribution in [2.45, 2.75) is 13.5 Å². The van der Waals surface area contributed by atoms with E-state index in [4.69, 9.17) is 27.8 Å². The lowest BCUT2D eigenvalue weighted by Gasteiger charge is -2.11. The van der Waals surface area contributed by atoms with Gasteiger partial charge in [0, 0.05) is 17.1 Å². The Kier molecular flexibility index (Phi) is 3.39. The van der Waals surface area contributed by atoms with Gasteiger partial charge in [-0.25, -0.2) is 0 Å². The number of ether oxygens (including phenoxy) is 1. The van der Waals surface area contributed by atoms with Crippen molar-refractivity contribution >= 4 is 17.3 Å². The Bertz CT molecular complexity index is 302. The van der Waals surface area contributed by atoms with E-state index in [-0.39, 0.29) is 0 Å². The van der Waals surface area contributed by atoms with E-state index in [0.29, 0.717) is 29.6 Å². The van der Waals surface area contributed by atoms with Crippen LogP contribution in [0, 0.1) is 0 Å². The second-order valence-electron chi connectivity index (χ2n) is 2.57. The Morgan fingerprint density at radius 2 is 2.15 bits per heavy atom. The van der Waals surface area contributed by atoms with E-state index >= 15 is 0 Å². The van der Waals surface area contributed by atoms with Crippen molar-refractivity contribution in [2.75, 3.05) is 12.3 Å². The average molecular weight is 201 g/mol. The predicted octanol–water partition coefficient (Wildman–Crippen LogP) is 1.78. The first-order chi connectivity index (χ1) is 6.20. The second kappa shape index (κ2) is 4.35. The van der Waals surface area contributed by atoms with Crippen molar-refractivity contribution < 1.29 is 4.74 Å². The van der Waals surface area contributed by atoms with E-state index < -0.39 is 0 Å². The van der Waals surface area contributed by atoms with Gasteiger partial charge in [-0.1, -0.05) is 11.6 Å². The molecule has 0 amide bonds. The Morgan fingerprint density at radius 1 is 1.46 bits per heavy atom. The van der Waals surface area contributed by atoms with Gasteiger partial charge < -0.3 is 16.2 Å². The molecule has 0 aliphatic carbocycles. The van der Waals surface area contributed by atoms with Gasteiger partial charge in [-0.05, 0) is 19.1 Å². The van der Waals surface area contributed by atoms with Crippen LogP contribution < -0.4 is 16.2 Å². The van der Waals surface area contributed by atoms with Gasteiger partial charge in [0.1, 0.15) is 5.75 Å². The summed E-state index contributed by atoms with van der Waals surface area (Å²) in [6, 6.07) is 3.49.